The van der Waals surface area contributed by atoms with Gasteiger partial charge in [0.05, 0.1) is 0 Å². The zero-order valence-corrected chi connectivity index (χ0v) is 11.0. The summed E-state index contributed by atoms with van der Waals surface area (Å²) in [5, 5.41) is 3.52. The van der Waals surface area contributed by atoms with E-state index in [2.05, 4.69) is 19.2 Å². The Labute approximate surface area is 103 Å². The molecule has 2 atom stereocenters. The van der Waals surface area contributed by atoms with E-state index in [1.165, 1.54) is 19.3 Å². The smallest absolute Gasteiger partial charge is 0.125 e. The van der Waals surface area contributed by atoms with Gasteiger partial charge in [-0.25, -0.2) is 4.39 Å². The third-order valence-corrected chi connectivity index (χ3v) is 3.92. The van der Waals surface area contributed by atoms with E-state index >= 15 is 0 Å². The first-order valence-electron chi connectivity index (χ1n) is 6.60. The first-order chi connectivity index (χ1) is 8.06. The van der Waals surface area contributed by atoms with Crippen LogP contribution < -0.4 is 5.32 Å². The van der Waals surface area contributed by atoms with Gasteiger partial charge < -0.3 is 5.32 Å². The molecule has 17 heavy (non-hydrogen) atoms. The minimum atomic E-state index is -0.149. The number of hydrogen-bond acceptors (Lipinski definition) is 1. The highest BCUT2D eigenvalue weighted by molar-refractivity contribution is 5.47. The average Bonchev–Trinajstić information content (AvgIpc) is 2.22. The summed E-state index contributed by atoms with van der Waals surface area (Å²) in [6.07, 6.45) is 3.87. The molecule has 0 radical (unpaired) electrons. The van der Waals surface area contributed by atoms with Gasteiger partial charge in [-0.15, -0.1) is 0 Å². The number of rotatable bonds is 2. The zero-order chi connectivity index (χ0) is 12.4. The molecule has 1 aliphatic carbocycles. The van der Waals surface area contributed by atoms with Crippen LogP contribution in [0.4, 0.5) is 10.1 Å². The summed E-state index contributed by atoms with van der Waals surface area (Å²) in [5.74, 6) is 1.19. The summed E-state index contributed by atoms with van der Waals surface area (Å²) in [7, 11) is 0. The standard InChI is InChI=1S/C15H22FN/c1-10-7-13(16)9-14(8-10)17-15-11(2)5-4-6-12(15)3/h7-9,11-12,15,17H,4-6H2,1-3H3. The van der Waals surface area contributed by atoms with Crippen molar-refractivity contribution >= 4 is 5.69 Å². The van der Waals surface area contributed by atoms with Crippen LogP contribution in [0.5, 0.6) is 0 Å². The quantitative estimate of drug-likeness (QED) is 0.802. The first kappa shape index (κ1) is 12.4. The van der Waals surface area contributed by atoms with Crippen molar-refractivity contribution in [2.24, 2.45) is 11.8 Å². The Bertz CT molecular complexity index is 358. The highest BCUT2D eigenvalue weighted by Crippen LogP contribution is 2.31. The average molecular weight is 235 g/mol. The molecule has 94 valence electrons. The highest BCUT2D eigenvalue weighted by Gasteiger charge is 2.27. The lowest BCUT2D eigenvalue weighted by Crippen LogP contribution is -2.37. The van der Waals surface area contributed by atoms with E-state index in [1.807, 2.05) is 13.0 Å². The predicted octanol–water partition coefficient (Wildman–Crippen LogP) is 4.37. The molecule has 0 heterocycles. The molecule has 1 N–H and O–H groups in total. The molecule has 0 spiro atoms. The van der Waals surface area contributed by atoms with Gasteiger partial charge in [0.15, 0.2) is 0 Å². The van der Waals surface area contributed by atoms with E-state index in [-0.39, 0.29) is 5.82 Å². The monoisotopic (exact) mass is 235 g/mol. The van der Waals surface area contributed by atoms with Gasteiger partial charge in [0, 0.05) is 11.7 Å². The van der Waals surface area contributed by atoms with Crippen LogP contribution in [-0.4, -0.2) is 6.04 Å². The molecule has 2 heteroatoms. The summed E-state index contributed by atoms with van der Waals surface area (Å²) in [6, 6.07) is 5.67. The van der Waals surface area contributed by atoms with Gasteiger partial charge in [-0.05, 0) is 55.4 Å². The number of aryl methyl sites for hydroxylation is 1. The molecule has 0 saturated heterocycles. The molecule has 0 bridgehead atoms. The van der Waals surface area contributed by atoms with Crippen molar-refractivity contribution in [1.29, 1.82) is 0 Å². The van der Waals surface area contributed by atoms with Gasteiger partial charge >= 0.3 is 0 Å². The van der Waals surface area contributed by atoms with E-state index in [0.717, 1.165) is 11.3 Å². The molecule has 1 nitrogen and oxygen atoms in total. The van der Waals surface area contributed by atoms with Crippen LogP contribution in [0.3, 0.4) is 0 Å². The summed E-state index contributed by atoms with van der Waals surface area (Å²) < 4.78 is 13.3. The number of anilines is 1. The fourth-order valence-corrected chi connectivity index (χ4v) is 2.98. The van der Waals surface area contributed by atoms with Gasteiger partial charge in [-0.1, -0.05) is 20.3 Å². The maximum absolute atomic E-state index is 13.3. The Hall–Kier alpha value is -1.05. The second-order valence-electron chi connectivity index (χ2n) is 5.57. The molecule has 0 aliphatic heterocycles. The zero-order valence-electron chi connectivity index (χ0n) is 11.0. The topological polar surface area (TPSA) is 12.0 Å². The molecule has 1 saturated carbocycles. The molecule has 1 fully saturated rings. The third kappa shape index (κ3) is 2.99. The Morgan fingerprint density at radius 2 is 1.76 bits per heavy atom. The maximum Gasteiger partial charge on any atom is 0.125 e. The minimum Gasteiger partial charge on any atom is -0.382 e. The Balaban J connectivity index is 2.13. The van der Waals surface area contributed by atoms with Gasteiger partial charge in [0.2, 0.25) is 0 Å². The molecular formula is C15H22FN. The molecule has 2 unspecified atom stereocenters. The van der Waals surface area contributed by atoms with Crippen LogP contribution in [0.1, 0.15) is 38.7 Å². The lowest BCUT2D eigenvalue weighted by atomic mass is 9.78. The van der Waals surface area contributed by atoms with Gasteiger partial charge in [0.25, 0.3) is 0 Å². The van der Waals surface area contributed by atoms with Crippen LogP contribution in [-0.2, 0) is 0 Å². The molecule has 1 aromatic rings. The Morgan fingerprint density at radius 1 is 1.12 bits per heavy atom. The molecule has 1 aliphatic rings. The van der Waals surface area contributed by atoms with Crippen molar-refractivity contribution in [3.63, 3.8) is 0 Å². The molecule has 0 amide bonds. The van der Waals surface area contributed by atoms with E-state index in [1.54, 1.807) is 12.1 Å². The van der Waals surface area contributed by atoms with E-state index in [0.29, 0.717) is 17.9 Å². The van der Waals surface area contributed by atoms with E-state index < -0.39 is 0 Å². The number of nitrogens with one attached hydrogen (secondary N) is 1. The van der Waals surface area contributed by atoms with Crippen LogP contribution >= 0.6 is 0 Å². The minimum absolute atomic E-state index is 0.149. The molecular weight excluding hydrogens is 213 g/mol. The molecule has 2 rings (SSSR count). The van der Waals surface area contributed by atoms with Crippen LogP contribution in [0.25, 0.3) is 0 Å². The third-order valence-electron chi connectivity index (χ3n) is 3.92. The normalized spacial score (nSPS) is 29.1. The van der Waals surface area contributed by atoms with Crippen LogP contribution in [0.15, 0.2) is 18.2 Å². The summed E-state index contributed by atoms with van der Waals surface area (Å²) in [5.41, 5.74) is 1.90. The summed E-state index contributed by atoms with van der Waals surface area (Å²) >= 11 is 0. The fourth-order valence-electron chi connectivity index (χ4n) is 2.98. The molecule has 1 aromatic carbocycles. The van der Waals surface area contributed by atoms with Crippen molar-refractivity contribution in [3.05, 3.63) is 29.6 Å². The lowest BCUT2D eigenvalue weighted by Gasteiger charge is -2.36. The van der Waals surface area contributed by atoms with Gasteiger partial charge in [0.1, 0.15) is 5.82 Å². The summed E-state index contributed by atoms with van der Waals surface area (Å²) in [4.78, 5) is 0. The predicted molar refractivity (Wildman–Crippen MR) is 70.7 cm³/mol. The number of halogens is 1. The highest BCUT2D eigenvalue weighted by atomic mass is 19.1. The van der Waals surface area contributed by atoms with Crippen molar-refractivity contribution in [3.8, 4) is 0 Å². The molecule has 0 aromatic heterocycles. The van der Waals surface area contributed by atoms with Crippen molar-refractivity contribution in [2.45, 2.75) is 46.1 Å². The Morgan fingerprint density at radius 3 is 2.35 bits per heavy atom. The van der Waals surface area contributed by atoms with Crippen molar-refractivity contribution in [2.75, 3.05) is 5.32 Å². The van der Waals surface area contributed by atoms with Crippen LogP contribution in [0, 0.1) is 24.6 Å². The second kappa shape index (κ2) is 5.07. The lowest BCUT2D eigenvalue weighted by molar-refractivity contribution is 0.268. The van der Waals surface area contributed by atoms with Gasteiger partial charge in [-0.3, -0.25) is 0 Å². The largest absolute Gasteiger partial charge is 0.382 e. The number of benzene rings is 1. The van der Waals surface area contributed by atoms with Crippen LogP contribution in [0.2, 0.25) is 0 Å². The Kier molecular flexibility index (Phi) is 3.70. The van der Waals surface area contributed by atoms with E-state index in [4.69, 9.17) is 0 Å². The van der Waals surface area contributed by atoms with Crippen molar-refractivity contribution in [1.82, 2.24) is 0 Å². The maximum atomic E-state index is 13.3. The SMILES string of the molecule is Cc1cc(F)cc(NC2C(C)CCCC2C)c1. The fraction of sp³-hybridized carbons (Fsp3) is 0.600. The second-order valence-corrected chi connectivity index (χ2v) is 5.57. The van der Waals surface area contributed by atoms with Crippen molar-refractivity contribution < 1.29 is 4.39 Å². The summed E-state index contributed by atoms with van der Waals surface area (Å²) in [6.45, 7) is 6.51. The number of hydrogen-bond donors (Lipinski definition) is 1. The van der Waals surface area contributed by atoms with Gasteiger partial charge in [-0.2, -0.15) is 0 Å². The van der Waals surface area contributed by atoms with E-state index in [9.17, 15) is 4.39 Å². The first-order valence-corrected chi connectivity index (χ1v) is 6.60.